The highest BCUT2D eigenvalue weighted by Crippen LogP contribution is 2.19. The highest BCUT2D eigenvalue weighted by molar-refractivity contribution is 6.06. The maximum atomic E-state index is 13.7. The lowest BCUT2D eigenvalue weighted by atomic mass is 10.1. The zero-order valence-electron chi connectivity index (χ0n) is 10.2. The summed E-state index contributed by atoms with van der Waals surface area (Å²) in [4.78, 5) is 13.3. The van der Waals surface area contributed by atoms with Crippen LogP contribution in [-0.2, 0) is 0 Å². The molecule has 0 saturated carbocycles. The molecule has 0 spiro atoms. The summed E-state index contributed by atoms with van der Waals surface area (Å²) in [6, 6.07) is 9.34. The Bertz CT molecular complexity index is 629. The Morgan fingerprint density at radius 2 is 1.89 bits per heavy atom. The van der Waals surface area contributed by atoms with Crippen LogP contribution in [0.15, 0.2) is 42.5 Å². The SMILES string of the molecule is CN(C(=O)c1ccc(N)cc1F)c1cccc(F)c1. The van der Waals surface area contributed by atoms with Crippen molar-refractivity contribution >= 4 is 17.3 Å². The molecule has 3 nitrogen and oxygen atoms in total. The third kappa shape index (κ3) is 2.70. The Morgan fingerprint density at radius 1 is 1.16 bits per heavy atom. The van der Waals surface area contributed by atoms with Crippen LogP contribution in [0.5, 0.6) is 0 Å². The molecule has 0 saturated heterocycles. The second-order valence-electron chi connectivity index (χ2n) is 4.08. The summed E-state index contributed by atoms with van der Waals surface area (Å²) >= 11 is 0. The molecule has 0 aromatic heterocycles. The smallest absolute Gasteiger partial charge is 0.260 e. The lowest BCUT2D eigenvalue weighted by Gasteiger charge is -2.17. The quantitative estimate of drug-likeness (QED) is 0.846. The summed E-state index contributed by atoms with van der Waals surface area (Å²) in [5, 5.41) is 0. The molecule has 0 atom stereocenters. The second kappa shape index (κ2) is 5.06. The first-order chi connectivity index (χ1) is 8.99. The zero-order chi connectivity index (χ0) is 14.0. The molecule has 0 radical (unpaired) electrons. The van der Waals surface area contributed by atoms with Crippen LogP contribution in [0.1, 0.15) is 10.4 Å². The van der Waals surface area contributed by atoms with Crippen molar-refractivity contribution in [3.05, 3.63) is 59.7 Å². The van der Waals surface area contributed by atoms with Gasteiger partial charge in [0.05, 0.1) is 5.56 Å². The van der Waals surface area contributed by atoms with Gasteiger partial charge in [-0.05, 0) is 36.4 Å². The molecule has 0 aliphatic rings. The Balaban J connectivity index is 2.33. The second-order valence-corrected chi connectivity index (χ2v) is 4.08. The number of carbonyl (C=O) groups excluding carboxylic acids is 1. The molecule has 2 rings (SSSR count). The minimum Gasteiger partial charge on any atom is -0.399 e. The molecular formula is C14H12F2N2O. The number of nitrogens with zero attached hydrogens (tertiary/aromatic N) is 1. The van der Waals surface area contributed by atoms with E-state index in [0.29, 0.717) is 5.69 Å². The van der Waals surface area contributed by atoms with E-state index in [4.69, 9.17) is 5.73 Å². The van der Waals surface area contributed by atoms with Crippen molar-refractivity contribution in [1.29, 1.82) is 0 Å². The van der Waals surface area contributed by atoms with Crippen molar-refractivity contribution in [2.45, 2.75) is 0 Å². The van der Waals surface area contributed by atoms with Crippen LogP contribution in [0.4, 0.5) is 20.2 Å². The lowest BCUT2D eigenvalue weighted by molar-refractivity contribution is 0.0989. The van der Waals surface area contributed by atoms with E-state index < -0.39 is 17.5 Å². The number of rotatable bonds is 2. The van der Waals surface area contributed by atoms with Crippen LogP contribution < -0.4 is 10.6 Å². The van der Waals surface area contributed by atoms with E-state index in [-0.39, 0.29) is 11.3 Å². The van der Waals surface area contributed by atoms with Crippen molar-refractivity contribution in [3.8, 4) is 0 Å². The van der Waals surface area contributed by atoms with Crippen molar-refractivity contribution in [1.82, 2.24) is 0 Å². The summed E-state index contributed by atoms with van der Waals surface area (Å²) in [6.07, 6.45) is 0. The molecule has 0 unspecified atom stereocenters. The number of halogens is 2. The van der Waals surface area contributed by atoms with E-state index in [2.05, 4.69) is 0 Å². The highest BCUT2D eigenvalue weighted by atomic mass is 19.1. The average molecular weight is 262 g/mol. The number of amides is 1. The molecule has 0 aliphatic carbocycles. The fraction of sp³-hybridized carbons (Fsp3) is 0.0714. The molecule has 5 heteroatoms. The van der Waals surface area contributed by atoms with Crippen molar-refractivity contribution < 1.29 is 13.6 Å². The predicted octanol–water partition coefficient (Wildman–Crippen LogP) is 2.82. The van der Waals surface area contributed by atoms with Crippen LogP contribution >= 0.6 is 0 Å². The molecule has 2 aromatic carbocycles. The van der Waals surface area contributed by atoms with E-state index in [1.54, 1.807) is 6.07 Å². The lowest BCUT2D eigenvalue weighted by Crippen LogP contribution is -2.27. The van der Waals surface area contributed by atoms with Crippen LogP contribution in [0, 0.1) is 11.6 Å². The van der Waals surface area contributed by atoms with Gasteiger partial charge in [0, 0.05) is 18.4 Å². The maximum Gasteiger partial charge on any atom is 0.260 e. The molecule has 0 aliphatic heterocycles. The number of hydrogen-bond donors (Lipinski definition) is 1. The van der Waals surface area contributed by atoms with Crippen LogP contribution in [-0.4, -0.2) is 13.0 Å². The first-order valence-corrected chi connectivity index (χ1v) is 5.57. The van der Waals surface area contributed by atoms with E-state index in [0.717, 1.165) is 6.07 Å². The van der Waals surface area contributed by atoms with Gasteiger partial charge >= 0.3 is 0 Å². The summed E-state index contributed by atoms with van der Waals surface area (Å²) in [5.74, 6) is -1.73. The molecule has 19 heavy (non-hydrogen) atoms. The first kappa shape index (κ1) is 13.0. The van der Waals surface area contributed by atoms with Crippen molar-refractivity contribution in [2.24, 2.45) is 0 Å². The van der Waals surface area contributed by atoms with Gasteiger partial charge in [-0.3, -0.25) is 4.79 Å². The standard InChI is InChI=1S/C14H12F2N2O/c1-18(11-4-2-3-9(15)7-11)14(19)12-6-5-10(17)8-13(12)16/h2-8H,17H2,1H3. The van der Waals surface area contributed by atoms with E-state index in [1.165, 1.54) is 42.3 Å². The topological polar surface area (TPSA) is 46.3 Å². The van der Waals surface area contributed by atoms with Gasteiger partial charge in [-0.15, -0.1) is 0 Å². The Labute approximate surface area is 109 Å². The monoisotopic (exact) mass is 262 g/mol. The van der Waals surface area contributed by atoms with E-state index in [9.17, 15) is 13.6 Å². The Kier molecular flexibility index (Phi) is 3.46. The Hall–Kier alpha value is -2.43. The third-order valence-electron chi connectivity index (χ3n) is 2.72. The summed E-state index contributed by atoms with van der Waals surface area (Å²) in [5.41, 5.74) is 5.90. The van der Waals surface area contributed by atoms with Crippen LogP contribution in [0.3, 0.4) is 0 Å². The van der Waals surface area contributed by atoms with Gasteiger partial charge in [0.15, 0.2) is 0 Å². The van der Waals surface area contributed by atoms with Crippen molar-refractivity contribution in [3.63, 3.8) is 0 Å². The first-order valence-electron chi connectivity index (χ1n) is 5.57. The van der Waals surface area contributed by atoms with E-state index in [1.807, 2.05) is 0 Å². The van der Waals surface area contributed by atoms with Crippen LogP contribution in [0.2, 0.25) is 0 Å². The third-order valence-corrected chi connectivity index (χ3v) is 2.72. The molecule has 2 N–H and O–H groups in total. The molecule has 0 fully saturated rings. The average Bonchev–Trinajstić information content (AvgIpc) is 2.37. The molecule has 0 bridgehead atoms. The molecule has 1 amide bonds. The molecule has 98 valence electrons. The minimum absolute atomic E-state index is 0.110. The summed E-state index contributed by atoms with van der Waals surface area (Å²) in [7, 11) is 1.45. The number of nitrogen functional groups attached to an aromatic ring is 1. The number of hydrogen-bond acceptors (Lipinski definition) is 2. The van der Waals surface area contributed by atoms with Gasteiger partial charge in [0.25, 0.3) is 5.91 Å². The fourth-order valence-corrected chi connectivity index (χ4v) is 1.69. The van der Waals surface area contributed by atoms with Crippen LogP contribution in [0.25, 0.3) is 0 Å². The molecule has 2 aromatic rings. The zero-order valence-corrected chi connectivity index (χ0v) is 10.2. The molecular weight excluding hydrogens is 250 g/mol. The number of anilines is 2. The van der Waals surface area contributed by atoms with E-state index >= 15 is 0 Å². The number of benzene rings is 2. The summed E-state index contributed by atoms with van der Waals surface area (Å²) in [6.45, 7) is 0. The van der Waals surface area contributed by atoms with Crippen molar-refractivity contribution in [2.75, 3.05) is 17.7 Å². The highest BCUT2D eigenvalue weighted by Gasteiger charge is 2.17. The minimum atomic E-state index is -0.701. The predicted molar refractivity (Wildman–Crippen MR) is 69.9 cm³/mol. The van der Waals surface area contributed by atoms with Gasteiger partial charge in [-0.25, -0.2) is 8.78 Å². The summed E-state index contributed by atoms with van der Waals surface area (Å²) < 4.78 is 26.8. The fourth-order valence-electron chi connectivity index (χ4n) is 1.69. The number of carbonyl (C=O) groups is 1. The normalized spacial score (nSPS) is 10.3. The van der Waals surface area contributed by atoms with Gasteiger partial charge in [0.1, 0.15) is 11.6 Å². The largest absolute Gasteiger partial charge is 0.399 e. The Morgan fingerprint density at radius 3 is 2.53 bits per heavy atom. The number of nitrogens with two attached hydrogens (primary N) is 1. The molecule has 0 heterocycles. The maximum absolute atomic E-state index is 13.7. The van der Waals surface area contributed by atoms with Gasteiger partial charge in [-0.2, -0.15) is 0 Å². The van der Waals surface area contributed by atoms with Gasteiger partial charge in [0.2, 0.25) is 0 Å². The van der Waals surface area contributed by atoms with Gasteiger partial charge < -0.3 is 10.6 Å². The van der Waals surface area contributed by atoms with Gasteiger partial charge in [-0.1, -0.05) is 6.07 Å².